The minimum atomic E-state index is -0.0797. The summed E-state index contributed by atoms with van der Waals surface area (Å²) in [4.78, 5) is 16.0. The van der Waals surface area contributed by atoms with Crippen molar-refractivity contribution in [1.29, 1.82) is 0 Å². The molecule has 0 saturated carbocycles. The molecule has 1 atom stereocenters. The topological polar surface area (TPSA) is 50.8 Å². The van der Waals surface area contributed by atoms with Gasteiger partial charge >= 0.3 is 0 Å². The predicted octanol–water partition coefficient (Wildman–Crippen LogP) is 4.52. The molecular weight excluding hydrogens is 396 g/mol. The Morgan fingerprint density at radius 1 is 1.10 bits per heavy atom. The Kier molecular flexibility index (Phi) is 8.05. The fourth-order valence-electron chi connectivity index (χ4n) is 3.57. The number of nitrogens with zero attached hydrogens (tertiary/aromatic N) is 1. The van der Waals surface area contributed by atoms with Gasteiger partial charge in [-0.3, -0.25) is 9.69 Å². The van der Waals surface area contributed by atoms with Gasteiger partial charge in [-0.05, 0) is 54.6 Å². The summed E-state index contributed by atoms with van der Waals surface area (Å²) in [7, 11) is 1.97. The Morgan fingerprint density at radius 2 is 1.80 bits per heavy atom. The molecule has 0 unspecified atom stereocenters. The minimum absolute atomic E-state index is 0.0176. The molecule has 1 heterocycles. The van der Waals surface area contributed by atoms with Gasteiger partial charge in [0.25, 0.3) is 0 Å². The highest BCUT2D eigenvalue weighted by atomic mass is 32.2. The minimum Gasteiger partial charge on any atom is -0.490 e. The van der Waals surface area contributed by atoms with E-state index in [0.29, 0.717) is 19.8 Å². The molecule has 30 heavy (non-hydrogen) atoms. The summed E-state index contributed by atoms with van der Waals surface area (Å²) in [6.07, 6.45) is 2.95. The average Bonchev–Trinajstić information content (AvgIpc) is 2.97. The maximum Gasteiger partial charge on any atom is 0.234 e. The molecule has 162 valence electrons. The number of thioether (sulfide) groups is 1. The van der Waals surface area contributed by atoms with Crippen molar-refractivity contribution in [2.75, 3.05) is 33.1 Å². The van der Waals surface area contributed by atoms with Crippen LogP contribution in [0.3, 0.4) is 0 Å². The first-order valence-corrected chi connectivity index (χ1v) is 11.7. The van der Waals surface area contributed by atoms with Gasteiger partial charge in [0.2, 0.25) is 5.91 Å². The lowest BCUT2D eigenvalue weighted by molar-refractivity contribution is -0.123. The van der Waals surface area contributed by atoms with Crippen molar-refractivity contribution in [1.82, 2.24) is 10.2 Å². The van der Waals surface area contributed by atoms with Gasteiger partial charge in [-0.2, -0.15) is 0 Å². The second-order valence-electron chi connectivity index (χ2n) is 8.07. The molecule has 1 amide bonds. The van der Waals surface area contributed by atoms with Gasteiger partial charge in [0, 0.05) is 17.9 Å². The van der Waals surface area contributed by atoms with Crippen molar-refractivity contribution in [2.24, 2.45) is 5.92 Å². The van der Waals surface area contributed by atoms with Gasteiger partial charge in [0.05, 0.1) is 25.8 Å². The van der Waals surface area contributed by atoms with Crippen LogP contribution in [0.25, 0.3) is 0 Å². The maximum atomic E-state index is 12.8. The zero-order valence-corrected chi connectivity index (χ0v) is 19.1. The van der Waals surface area contributed by atoms with E-state index >= 15 is 0 Å². The van der Waals surface area contributed by atoms with Gasteiger partial charge in [-0.25, -0.2) is 0 Å². The van der Waals surface area contributed by atoms with E-state index < -0.39 is 0 Å². The summed E-state index contributed by atoms with van der Waals surface area (Å²) in [5.41, 5.74) is 2.24. The summed E-state index contributed by atoms with van der Waals surface area (Å²) >= 11 is 1.73. The zero-order valence-electron chi connectivity index (χ0n) is 18.3. The summed E-state index contributed by atoms with van der Waals surface area (Å²) < 4.78 is 11.6. The van der Waals surface area contributed by atoms with E-state index in [2.05, 4.69) is 49.7 Å². The second-order valence-corrected chi connectivity index (χ2v) is 8.95. The molecular formula is C24H32N2O3S. The largest absolute Gasteiger partial charge is 0.490 e. The highest BCUT2D eigenvalue weighted by Gasteiger charge is 2.21. The summed E-state index contributed by atoms with van der Waals surface area (Å²) in [6.45, 7) is 6.63. The van der Waals surface area contributed by atoms with Gasteiger partial charge in [-0.15, -0.1) is 11.8 Å². The molecule has 0 saturated heterocycles. The lowest BCUT2D eigenvalue weighted by atomic mass is 9.95. The number of rotatable bonds is 8. The van der Waals surface area contributed by atoms with Crippen LogP contribution in [0.2, 0.25) is 0 Å². The van der Waals surface area contributed by atoms with E-state index in [-0.39, 0.29) is 17.9 Å². The molecule has 5 nitrogen and oxygen atoms in total. The van der Waals surface area contributed by atoms with Crippen molar-refractivity contribution in [3.05, 3.63) is 53.6 Å². The van der Waals surface area contributed by atoms with E-state index in [1.165, 1.54) is 10.5 Å². The van der Waals surface area contributed by atoms with E-state index in [1.807, 2.05) is 30.1 Å². The second kappa shape index (κ2) is 10.7. The maximum absolute atomic E-state index is 12.8. The molecule has 1 aliphatic rings. The number of nitrogens with one attached hydrogen (secondary N) is 1. The number of fused-ring (bicyclic) bond motifs is 1. The van der Waals surface area contributed by atoms with Gasteiger partial charge in [0.1, 0.15) is 0 Å². The summed E-state index contributed by atoms with van der Waals surface area (Å²) in [5.74, 6) is 1.81. The van der Waals surface area contributed by atoms with Crippen molar-refractivity contribution in [3.8, 4) is 11.5 Å². The van der Waals surface area contributed by atoms with Gasteiger partial charge < -0.3 is 14.8 Å². The molecule has 6 heteroatoms. The third-order valence-corrected chi connectivity index (χ3v) is 5.88. The highest BCUT2D eigenvalue weighted by molar-refractivity contribution is 7.98. The number of carbonyl (C=O) groups is 1. The number of hydrogen-bond acceptors (Lipinski definition) is 5. The van der Waals surface area contributed by atoms with Crippen LogP contribution in [0.15, 0.2) is 47.4 Å². The number of carbonyl (C=O) groups excluding carboxylic acids is 1. The zero-order chi connectivity index (χ0) is 21.5. The van der Waals surface area contributed by atoms with Crippen LogP contribution in [0.1, 0.15) is 37.4 Å². The molecule has 2 aromatic rings. The number of benzene rings is 2. The summed E-state index contributed by atoms with van der Waals surface area (Å²) in [6, 6.07) is 14.4. The van der Waals surface area contributed by atoms with Crippen LogP contribution < -0.4 is 14.8 Å². The van der Waals surface area contributed by atoms with Crippen molar-refractivity contribution < 1.29 is 14.3 Å². The third-order valence-electron chi connectivity index (χ3n) is 5.14. The molecule has 0 aliphatic carbocycles. The van der Waals surface area contributed by atoms with E-state index in [0.717, 1.165) is 30.0 Å². The van der Waals surface area contributed by atoms with Crippen LogP contribution in [0, 0.1) is 5.92 Å². The van der Waals surface area contributed by atoms with Gasteiger partial charge in [-0.1, -0.05) is 32.0 Å². The predicted molar refractivity (Wildman–Crippen MR) is 122 cm³/mol. The Hall–Kier alpha value is -2.18. The van der Waals surface area contributed by atoms with Crippen molar-refractivity contribution in [2.45, 2.75) is 37.8 Å². The fourth-order valence-corrected chi connectivity index (χ4v) is 3.98. The lowest BCUT2D eigenvalue weighted by Crippen LogP contribution is -2.38. The van der Waals surface area contributed by atoms with Crippen LogP contribution in [0.5, 0.6) is 11.5 Å². The van der Waals surface area contributed by atoms with Gasteiger partial charge in [0.15, 0.2) is 11.5 Å². The Labute approximate surface area is 184 Å². The standard InChI is InChI=1S/C24H32N2O3S/c1-17(2)24(19-8-11-21-22(14-19)29-13-5-12-28-21)25-23(27)16-26(3)15-18-6-9-20(30-4)10-7-18/h6-11,14,17,24H,5,12-13,15-16H2,1-4H3,(H,25,27)/t24-/m1/s1. The van der Waals surface area contributed by atoms with Crippen LogP contribution in [0.4, 0.5) is 0 Å². The lowest BCUT2D eigenvalue weighted by Gasteiger charge is -2.25. The smallest absolute Gasteiger partial charge is 0.234 e. The molecule has 2 aromatic carbocycles. The number of likely N-dealkylation sites (N-methyl/N-ethyl adjacent to an activating group) is 1. The fraction of sp³-hybridized carbons (Fsp3) is 0.458. The number of amides is 1. The molecule has 1 aliphatic heterocycles. The molecule has 3 rings (SSSR count). The van der Waals surface area contributed by atoms with Crippen molar-refractivity contribution in [3.63, 3.8) is 0 Å². The summed E-state index contributed by atoms with van der Waals surface area (Å²) in [5, 5.41) is 3.21. The third kappa shape index (κ3) is 6.16. The first-order valence-electron chi connectivity index (χ1n) is 10.5. The monoisotopic (exact) mass is 428 g/mol. The SMILES string of the molecule is CSc1ccc(CN(C)CC(=O)N[C@@H](c2ccc3c(c2)OCCCO3)C(C)C)cc1. The molecule has 0 spiro atoms. The van der Waals surface area contributed by atoms with E-state index in [1.54, 1.807) is 11.8 Å². The molecule has 0 radical (unpaired) electrons. The van der Waals surface area contributed by atoms with E-state index in [4.69, 9.17) is 9.47 Å². The van der Waals surface area contributed by atoms with Crippen molar-refractivity contribution >= 4 is 17.7 Å². The Bertz CT molecular complexity index is 839. The van der Waals surface area contributed by atoms with E-state index in [9.17, 15) is 4.79 Å². The molecule has 0 fully saturated rings. The molecule has 1 N–H and O–H groups in total. The molecule has 0 bridgehead atoms. The van der Waals surface area contributed by atoms with Crippen LogP contribution >= 0.6 is 11.8 Å². The first-order chi connectivity index (χ1) is 14.5. The van der Waals surface area contributed by atoms with Crippen LogP contribution in [-0.4, -0.2) is 43.9 Å². The quantitative estimate of drug-likeness (QED) is 0.627. The molecule has 0 aromatic heterocycles. The first kappa shape index (κ1) is 22.5. The average molecular weight is 429 g/mol. The Morgan fingerprint density at radius 3 is 2.47 bits per heavy atom. The Balaban J connectivity index is 1.61. The van der Waals surface area contributed by atoms with Crippen LogP contribution in [-0.2, 0) is 11.3 Å². The number of hydrogen-bond donors (Lipinski definition) is 1. The normalized spacial score (nSPS) is 14.5. The highest BCUT2D eigenvalue weighted by Crippen LogP contribution is 2.34. The number of ether oxygens (including phenoxy) is 2.